The Bertz CT molecular complexity index is 624. The number of halogens is 1. The first-order valence-electron chi connectivity index (χ1n) is 6.07. The van der Waals surface area contributed by atoms with Gasteiger partial charge in [0.05, 0.1) is 10.9 Å². The smallest absolute Gasteiger partial charge is 0.251 e. The zero-order valence-corrected chi connectivity index (χ0v) is 11.8. The number of amides is 1. The molecular weight excluding hydrogens is 280 g/mol. The maximum Gasteiger partial charge on any atom is 0.251 e. The van der Waals surface area contributed by atoms with Gasteiger partial charge in [-0.05, 0) is 35.4 Å². The van der Waals surface area contributed by atoms with Crippen molar-refractivity contribution in [2.75, 3.05) is 0 Å². The van der Waals surface area contributed by atoms with Gasteiger partial charge in [-0.15, -0.1) is 11.3 Å². The molecule has 1 aromatic heterocycles. The molecule has 0 atom stereocenters. The normalized spacial score (nSPS) is 13.3. The molecule has 1 aromatic carbocycles. The Balaban J connectivity index is 1.67. The summed E-state index contributed by atoms with van der Waals surface area (Å²) in [6.45, 7) is 2.26. The van der Waals surface area contributed by atoms with Crippen molar-refractivity contribution < 1.29 is 4.79 Å². The summed E-state index contributed by atoms with van der Waals surface area (Å²) < 4.78 is 0.743. The Morgan fingerprint density at radius 1 is 1.26 bits per heavy atom. The second kappa shape index (κ2) is 5.33. The number of nitrogens with one attached hydrogen (secondary N) is 2. The topological polar surface area (TPSA) is 41.1 Å². The second-order valence-electron chi connectivity index (χ2n) is 4.48. The minimum absolute atomic E-state index is 0.0424. The van der Waals surface area contributed by atoms with E-state index in [0.717, 1.165) is 22.3 Å². The molecule has 0 fully saturated rings. The fourth-order valence-electron chi connectivity index (χ4n) is 2.15. The highest BCUT2D eigenvalue weighted by atomic mass is 35.5. The van der Waals surface area contributed by atoms with Gasteiger partial charge in [0.2, 0.25) is 0 Å². The molecule has 0 unspecified atom stereocenters. The van der Waals surface area contributed by atoms with E-state index in [1.165, 1.54) is 22.5 Å². The minimum Gasteiger partial charge on any atom is -0.347 e. The molecule has 3 nitrogen and oxygen atoms in total. The third-order valence-electron chi connectivity index (χ3n) is 3.15. The van der Waals surface area contributed by atoms with Crippen LogP contribution in [0.15, 0.2) is 30.3 Å². The number of carbonyl (C=O) groups is 1. The maximum absolute atomic E-state index is 12.1. The number of fused-ring (bicyclic) bond motifs is 1. The first kappa shape index (κ1) is 12.7. The van der Waals surface area contributed by atoms with Gasteiger partial charge in [-0.3, -0.25) is 4.79 Å². The van der Waals surface area contributed by atoms with E-state index in [4.69, 9.17) is 11.6 Å². The molecule has 2 heterocycles. The third kappa shape index (κ3) is 2.81. The summed E-state index contributed by atoms with van der Waals surface area (Å²) in [5.74, 6) is -0.0424. The van der Waals surface area contributed by atoms with Crippen molar-refractivity contribution >= 4 is 28.8 Å². The van der Waals surface area contributed by atoms with E-state index in [9.17, 15) is 4.79 Å². The SMILES string of the molecule is O=C(NCc1ccc(Cl)s1)c1ccc2c(c1)CNC2. The zero-order chi connectivity index (χ0) is 13.2. The Morgan fingerprint density at radius 3 is 2.89 bits per heavy atom. The Kier molecular flexibility index (Phi) is 3.55. The van der Waals surface area contributed by atoms with E-state index in [1.54, 1.807) is 0 Å². The van der Waals surface area contributed by atoms with Crippen LogP contribution in [-0.2, 0) is 19.6 Å². The molecule has 2 N–H and O–H groups in total. The number of rotatable bonds is 3. The van der Waals surface area contributed by atoms with Gasteiger partial charge in [-0.1, -0.05) is 17.7 Å². The molecule has 1 amide bonds. The summed E-state index contributed by atoms with van der Waals surface area (Å²) in [7, 11) is 0. The van der Waals surface area contributed by atoms with Crippen LogP contribution in [0.4, 0.5) is 0 Å². The average molecular weight is 293 g/mol. The molecule has 5 heteroatoms. The van der Waals surface area contributed by atoms with Gasteiger partial charge in [-0.25, -0.2) is 0 Å². The highest BCUT2D eigenvalue weighted by Crippen LogP contribution is 2.21. The third-order valence-corrected chi connectivity index (χ3v) is 4.38. The molecule has 2 aromatic rings. The van der Waals surface area contributed by atoms with Crippen LogP contribution in [0.25, 0.3) is 0 Å². The fraction of sp³-hybridized carbons (Fsp3) is 0.214. The van der Waals surface area contributed by atoms with Gasteiger partial charge >= 0.3 is 0 Å². The standard InChI is InChI=1S/C14H13ClN2OS/c15-13-4-3-12(19-13)8-17-14(18)9-1-2-10-6-16-7-11(10)5-9/h1-5,16H,6-8H2,(H,17,18). The van der Waals surface area contributed by atoms with E-state index in [-0.39, 0.29) is 5.91 Å². The Hall–Kier alpha value is -1.36. The average Bonchev–Trinajstić information content (AvgIpc) is 3.03. The van der Waals surface area contributed by atoms with Crippen molar-refractivity contribution in [3.63, 3.8) is 0 Å². The van der Waals surface area contributed by atoms with Gasteiger partial charge in [-0.2, -0.15) is 0 Å². The zero-order valence-electron chi connectivity index (χ0n) is 10.2. The van der Waals surface area contributed by atoms with Crippen LogP contribution in [0.3, 0.4) is 0 Å². The van der Waals surface area contributed by atoms with E-state index in [2.05, 4.69) is 10.6 Å². The predicted octanol–water partition coefficient (Wildman–Crippen LogP) is 2.93. The van der Waals surface area contributed by atoms with E-state index >= 15 is 0 Å². The van der Waals surface area contributed by atoms with Crippen LogP contribution >= 0.6 is 22.9 Å². The van der Waals surface area contributed by atoms with Crippen LogP contribution in [0, 0.1) is 0 Å². The van der Waals surface area contributed by atoms with Crippen LogP contribution in [0.5, 0.6) is 0 Å². The summed E-state index contributed by atoms with van der Waals surface area (Å²) >= 11 is 7.34. The molecule has 0 aliphatic carbocycles. The van der Waals surface area contributed by atoms with Gasteiger partial charge in [0.15, 0.2) is 0 Å². The fourth-order valence-corrected chi connectivity index (χ4v) is 3.18. The molecular formula is C14H13ClN2OS. The maximum atomic E-state index is 12.1. The first-order valence-corrected chi connectivity index (χ1v) is 7.27. The van der Waals surface area contributed by atoms with Crippen molar-refractivity contribution in [3.05, 3.63) is 56.2 Å². The lowest BCUT2D eigenvalue weighted by Crippen LogP contribution is -2.22. The molecule has 1 aliphatic rings. The van der Waals surface area contributed by atoms with Crippen molar-refractivity contribution in [2.24, 2.45) is 0 Å². The molecule has 0 radical (unpaired) electrons. The number of hydrogen-bond acceptors (Lipinski definition) is 3. The molecule has 0 spiro atoms. The molecule has 0 bridgehead atoms. The summed E-state index contributed by atoms with van der Waals surface area (Å²) in [4.78, 5) is 13.1. The largest absolute Gasteiger partial charge is 0.347 e. The summed E-state index contributed by atoms with van der Waals surface area (Å²) in [6, 6.07) is 9.63. The number of thiophene rings is 1. The van der Waals surface area contributed by atoms with E-state index in [1.807, 2.05) is 30.3 Å². The molecule has 19 heavy (non-hydrogen) atoms. The van der Waals surface area contributed by atoms with Crippen molar-refractivity contribution in [1.29, 1.82) is 0 Å². The Morgan fingerprint density at radius 2 is 2.11 bits per heavy atom. The lowest BCUT2D eigenvalue weighted by atomic mass is 10.1. The van der Waals surface area contributed by atoms with Crippen molar-refractivity contribution in [3.8, 4) is 0 Å². The van der Waals surface area contributed by atoms with Gasteiger partial charge in [0.25, 0.3) is 5.91 Å². The highest BCUT2D eigenvalue weighted by Gasteiger charge is 2.13. The van der Waals surface area contributed by atoms with Crippen LogP contribution in [0.1, 0.15) is 26.4 Å². The molecule has 0 saturated carbocycles. The van der Waals surface area contributed by atoms with Gasteiger partial charge in [0.1, 0.15) is 0 Å². The lowest BCUT2D eigenvalue weighted by molar-refractivity contribution is 0.0951. The van der Waals surface area contributed by atoms with Crippen LogP contribution in [-0.4, -0.2) is 5.91 Å². The second-order valence-corrected chi connectivity index (χ2v) is 6.28. The predicted molar refractivity (Wildman–Crippen MR) is 77.5 cm³/mol. The molecule has 98 valence electrons. The van der Waals surface area contributed by atoms with Crippen LogP contribution in [0.2, 0.25) is 4.34 Å². The van der Waals surface area contributed by atoms with Gasteiger partial charge in [0, 0.05) is 23.5 Å². The van der Waals surface area contributed by atoms with Crippen LogP contribution < -0.4 is 10.6 Å². The number of hydrogen-bond donors (Lipinski definition) is 2. The number of carbonyl (C=O) groups excluding carboxylic acids is 1. The summed E-state index contributed by atoms with van der Waals surface area (Å²) in [6.07, 6.45) is 0. The van der Waals surface area contributed by atoms with Crippen molar-refractivity contribution in [2.45, 2.75) is 19.6 Å². The summed E-state index contributed by atoms with van der Waals surface area (Å²) in [5.41, 5.74) is 3.21. The molecule has 1 aliphatic heterocycles. The highest BCUT2D eigenvalue weighted by molar-refractivity contribution is 7.16. The van der Waals surface area contributed by atoms with E-state index in [0.29, 0.717) is 12.1 Å². The summed E-state index contributed by atoms with van der Waals surface area (Å²) in [5, 5.41) is 6.18. The van der Waals surface area contributed by atoms with Crippen molar-refractivity contribution in [1.82, 2.24) is 10.6 Å². The lowest BCUT2D eigenvalue weighted by Gasteiger charge is -2.05. The quantitative estimate of drug-likeness (QED) is 0.913. The van der Waals surface area contributed by atoms with Gasteiger partial charge < -0.3 is 10.6 Å². The Labute approximate surface area is 120 Å². The first-order chi connectivity index (χ1) is 9.22. The number of benzene rings is 1. The molecule has 0 saturated heterocycles. The monoisotopic (exact) mass is 292 g/mol. The van der Waals surface area contributed by atoms with E-state index < -0.39 is 0 Å². The minimum atomic E-state index is -0.0424. The molecule has 3 rings (SSSR count).